The topological polar surface area (TPSA) is 55.4 Å². The van der Waals surface area contributed by atoms with Crippen LogP contribution in [0, 0.1) is 0 Å². The fraction of sp³-hybridized carbons (Fsp3) is 0.462. The summed E-state index contributed by atoms with van der Waals surface area (Å²) in [5.74, 6) is 4.01. The van der Waals surface area contributed by atoms with Crippen molar-refractivity contribution in [3.8, 4) is 34.5 Å². The van der Waals surface area contributed by atoms with Gasteiger partial charge in [0.15, 0.2) is 11.5 Å². The standard InChI is InChI=1S/C26H34O6/c1-7-9-15-31-24-17-11-12-20(29-5)25(30-6)21(17)26(32-16-10-8-2)23-19(28-4)14-13-18(27-3)22(23)24/h11-14H,7-10,15-16H2,1-6H3. The minimum Gasteiger partial charge on any atom is -0.496 e. The van der Waals surface area contributed by atoms with Gasteiger partial charge in [-0.2, -0.15) is 0 Å². The third-order valence-corrected chi connectivity index (χ3v) is 5.53. The fourth-order valence-electron chi connectivity index (χ4n) is 3.89. The van der Waals surface area contributed by atoms with Crippen LogP contribution in [0.5, 0.6) is 34.5 Å². The Hall–Kier alpha value is -3.02. The van der Waals surface area contributed by atoms with Crippen LogP contribution < -0.4 is 28.4 Å². The van der Waals surface area contributed by atoms with Gasteiger partial charge in [-0.3, -0.25) is 0 Å². The number of fused-ring (bicyclic) bond motifs is 2. The summed E-state index contributed by atoms with van der Waals surface area (Å²) < 4.78 is 35.7. The monoisotopic (exact) mass is 442 g/mol. The van der Waals surface area contributed by atoms with E-state index in [-0.39, 0.29) is 0 Å². The summed E-state index contributed by atoms with van der Waals surface area (Å²) in [5, 5.41) is 3.31. The Kier molecular flexibility index (Phi) is 8.14. The molecule has 0 fully saturated rings. The number of ether oxygens (including phenoxy) is 6. The van der Waals surface area contributed by atoms with Crippen LogP contribution in [0.3, 0.4) is 0 Å². The summed E-state index contributed by atoms with van der Waals surface area (Å²) in [5.41, 5.74) is 0. The maximum Gasteiger partial charge on any atom is 0.172 e. The number of hydrogen-bond donors (Lipinski definition) is 0. The third-order valence-electron chi connectivity index (χ3n) is 5.53. The zero-order valence-corrected chi connectivity index (χ0v) is 20.0. The minimum absolute atomic E-state index is 0.567. The second kappa shape index (κ2) is 11.0. The first kappa shape index (κ1) is 23.6. The van der Waals surface area contributed by atoms with Crippen LogP contribution >= 0.6 is 0 Å². The van der Waals surface area contributed by atoms with Crippen molar-refractivity contribution >= 4 is 21.5 Å². The molecule has 0 aromatic heterocycles. The van der Waals surface area contributed by atoms with Crippen molar-refractivity contribution in [1.82, 2.24) is 0 Å². The molecule has 0 amide bonds. The number of rotatable bonds is 12. The molecule has 0 bridgehead atoms. The van der Waals surface area contributed by atoms with Crippen molar-refractivity contribution in [3.05, 3.63) is 24.3 Å². The largest absolute Gasteiger partial charge is 0.496 e. The smallest absolute Gasteiger partial charge is 0.172 e. The van der Waals surface area contributed by atoms with Crippen molar-refractivity contribution in [3.63, 3.8) is 0 Å². The summed E-state index contributed by atoms with van der Waals surface area (Å²) in [7, 11) is 6.58. The van der Waals surface area contributed by atoms with Crippen LogP contribution in [0.1, 0.15) is 39.5 Å². The first-order chi connectivity index (χ1) is 15.7. The molecule has 0 saturated heterocycles. The van der Waals surface area contributed by atoms with Crippen LogP contribution in [0.25, 0.3) is 21.5 Å². The Morgan fingerprint density at radius 2 is 1.03 bits per heavy atom. The molecule has 3 rings (SSSR count). The van der Waals surface area contributed by atoms with Crippen molar-refractivity contribution in [1.29, 1.82) is 0 Å². The molecule has 6 nitrogen and oxygen atoms in total. The Bertz CT molecular complexity index is 1060. The molecule has 32 heavy (non-hydrogen) atoms. The minimum atomic E-state index is 0.567. The molecule has 0 aliphatic carbocycles. The predicted octanol–water partition coefficient (Wildman–Crippen LogP) is 6.39. The number of benzene rings is 3. The van der Waals surface area contributed by atoms with Gasteiger partial charge in [-0.15, -0.1) is 0 Å². The average molecular weight is 443 g/mol. The first-order valence-corrected chi connectivity index (χ1v) is 11.2. The normalized spacial score (nSPS) is 10.9. The van der Waals surface area contributed by atoms with E-state index in [1.54, 1.807) is 28.4 Å². The van der Waals surface area contributed by atoms with Crippen molar-refractivity contribution in [2.24, 2.45) is 0 Å². The van der Waals surface area contributed by atoms with Crippen LogP contribution in [0.4, 0.5) is 0 Å². The molecule has 3 aromatic carbocycles. The van der Waals surface area contributed by atoms with Crippen LogP contribution in [-0.2, 0) is 0 Å². The van der Waals surface area contributed by atoms with Crippen LogP contribution in [0.2, 0.25) is 0 Å². The molecule has 0 spiro atoms. The van der Waals surface area contributed by atoms with E-state index < -0.39 is 0 Å². The van der Waals surface area contributed by atoms with E-state index in [4.69, 9.17) is 28.4 Å². The van der Waals surface area contributed by atoms with Crippen molar-refractivity contribution in [2.75, 3.05) is 41.7 Å². The third kappa shape index (κ3) is 4.31. The molecule has 0 atom stereocenters. The van der Waals surface area contributed by atoms with Crippen molar-refractivity contribution in [2.45, 2.75) is 39.5 Å². The van der Waals surface area contributed by atoms with Gasteiger partial charge in [0.2, 0.25) is 0 Å². The second-order valence-electron chi connectivity index (χ2n) is 7.51. The zero-order valence-electron chi connectivity index (χ0n) is 20.0. The van der Waals surface area contributed by atoms with Crippen molar-refractivity contribution < 1.29 is 28.4 Å². The van der Waals surface area contributed by atoms with Gasteiger partial charge >= 0.3 is 0 Å². The first-order valence-electron chi connectivity index (χ1n) is 11.2. The maximum absolute atomic E-state index is 6.41. The molecule has 3 aromatic rings. The van der Waals surface area contributed by atoms with Gasteiger partial charge in [0, 0.05) is 5.39 Å². The highest BCUT2D eigenvalue weighted by Gasteiger charge is 2.26. The van der Waals surface area contributed by atoms with Gasteiger partial charge in [0.1, 0.15) is 23.0 Å². The number of hydrogen-bond acceptors (Lipinski definition) is 6. The summed E-state index contributed by atoms with van der Waals surface area (Å²) >= 11 is 0. The van der Waals surface area contributed by atoms with Gasteiger partial charge in [-0.1, -0.05) is 26.7 Å². The highest BCUT2D eigenvalue weighted by molar-refractivity contribution is 6.17. The van der Waals surface area contributed by atoms with E-state index in [0.29, 0.717) is 42.0 Å². The van der Waals surface area contributed by atoms with E-state index in [1.807, 2.05) is 24.3 Å². The lowest BCUT2D eigenvalue weighted by molar-refractivity contribution is 0.307. The highest BCUT2D eigenvalue weighted by atomic mass is 16.5. The predicted molar refractivity (Wildman–Crippen MR) is 128 cm³/mol. The quantitative estimate of drug-likeness (QED) is 0.239. The summed E-state index contributed by atoms with van der Waals surface area (Å²) in [4.78, 5) is 0. The fourth-order valence-corrected chi connectivity index (χ4v) is 3.89. The second-order valence-corrected chi connectivity index (χ2v) is 7.51. The molecule has 174 valence electrons. The van der Waals surface area contributed by atoms with Gasteiger partial charge in [-0.05, 0) is 37.1 Å². The van der Waals surface area contributed by atoms with Gasteiger partial charge in [0.25, 0.3) is 0 Å². The van der Waals surface area contributed by atoms with E-state index in [2.05, 4.69) is 13.8 Å². The molecular formula is C26H34O6. The molecule has 0 aliphatic heterocycles. The Balaban J connectivity index is 2.52. The summed E-state index contributed by atoms with van der Waals surface area (Å²) in [6.07, 6.45) is 3.92. The maximum atomic E-state index is 6.41. The SMILES string of the molecule is CCCCOc1c2ccc(OC)c(OC)c2c(OCCCC)c2c(OC)ccc(OC)c12. The van der Waals surface area contributed by atoms with E-state index in [9.17, 15) is 0 Å². The highest BCUT2D eigenvalue weighted by Crippen LogP contribution is 2.54. The van der Waals surface area contributed by atoms with Crippen LogP contribution in [-0.4, -0.2) is 41.7 Å². The molecule has 0 aliphatic rings. The lowest BCUT2D eigenvalue weighted by Gasteiger charge is -2.22. The van der Waals surface area contributed by atoms with E-state index in [1.165, 1.54) is 0 Å². The lowest BCUT2D eigenvalue weighted by Crippen LogP contribution is -2.05. The Labute approximate surface area is 190 Å². The number of methoxy groups -OCH3 is 4. The summed E-state index contributed by atoms with van der Waals surface area (Å²) in [6.45, 7) is 5.43. The van der Waals surface area contributed by atoms with Gasteiger partial charge in [0.05, 0.1) is 57.8 Å². The molecule has 0 heterocycles. The zero-order chi connectivity index (χ0) is 23.1. The molecule has 0 unspecified atom stereocenters. The summed E-state index contributed by atoms with van der Waals surface area (Å²) in [6, 6.07) is 7.67. The average Bonchev–Trinajstić information content (AvgIpc) is 2.83. The number of unbranched alkanes of at least 4 members (excludes halogenated alkanes) is 2. The van der Waals surface area contributed by atoms with E-state index >= 15 is 0 Å². The molecule has 0 saturated carbocycles. The van der Waals surface area contributed by atoms with Gasteiger partial charge in [-0.25, -0.2) is 0 Å². The van der Waals surface area contributed by atoms with E-state index in [0.717, 1.165) is 53.0 Å². The Morgan fingerprint density at radius 3 is 1.53 bits per heavy atom. The Morgan fingerprint density at radius 1 is 0.531 bits per heavy atom. The van der Waals surface area contributed by atoms with Crippen LogP contribution in [0.15, 0.2) is 24.3 Å². The molecule has 6 heteroatoms. The molecule has 0 N–H and O–H groups in total. The molecular weight excluding hydrogens is 408 g/mol. The van der Waals surface area contributed by atoms with Gasteiger partial charge < -0.3 is 28.4 Å². The lowest BCUT2D eigenvalue weighted by atomic mass is 9.97. The molecule has 0 radical (unpaired) electrons.